The first-order chi connectivity index (χ1) is 8.37. The third-order valence-corrected chi connectivity index (χ3v) is 1.83. The third-order valence-electron chi connectivity index (χ3n) is 1.83. The van der Waals surface area contributed by atoms with E-state index < -0.39 is 5.60 Å². The molecule has 0 aliphatic carbocycles. The molecule has 0 rings (SSSR count). The van der Waals surface area contributed by atoms with Crippen LogP contribution in [0.5, 0.6) is 0 Å². The van der Waals surface area contributed by atoms with E-state index in [1.54, 1.807) is 7.05 Å². The van der Waals surface area contributed by atoms with Gasteiger partial charge in [0.1, 0.15) is 18.5 Å². The molecular formula is C12H23NO5. The van der Waals surface area contributed by atoms with Gasteiger partial charge in [-0.3, -0.25) is 0 Å². The van der Waals surface area contributed by atoms with Crippen LogP contribution in [0.15, 0.2) is 0 Å². The van der Waals surface area contributed by atoms with E-state index in [1.165, 1.54) is 4.90 Å². The number of amides is 1. The van der Waals surface area contributed by atoms with Crippen LogP contribution < -0.4 is 0 Å². The first kappa shape index (κ1) is 16.9. The molecule has 18 heavy (non-hydrogen) atoms. The predicted molar refractivity (Wildman–Crippen MR) is 66.6 cm³/mol. The fraction of sp³-hybridized carbons (Fsp3) is 0.833. The Kier molecular flexibility index (Phi) is 8.32. The first-order valence-corrected chi connectivity index (χ1v) is 5.90. The van der Waals surface area contributed by atoms with Gasteiger partial charge in [0, 0.05) is 13.6 Å². The maximum absolute atomic E-state index is 11.5. The molecule has 0 aromatic carbocycles. The Labute approximate surface area is 108 Å². The standard InChI is InChI=1S/C12H23NO5/c1-12(2,3)18-11(15)13(4)5-7-16-9-10-17-8-6-14/h6H,5,7-10H2,1-4H3. The number of likely N-dealkylation sites (N-methyl/N-ethyl adjacent to an activating group) is 1. The third kappa shape index (κ3) is 10.0. The van der Waals surface area contributed by atoms with E-state index in [4.69, 9.17) is 14.2 Å². The Morgan fingerprint density at radius 1 is 1.17 bits per heavy atom. The van der Waals surface area contributed by atoms with Crippen LogP contribution in [0.1, 0.15) is 20.8 Å². The van der Waals surface area contributed by atoms with Crippen molar-refractivity contribution in [2.75, 3.05) is 40.0 Å². The number of nitrogens with zero attached hydrogens (tertiary/aromatic N) is 1. The Bertz CT molecular complexity index is 249. The van der Waals surface area contributed by atoms with Gasteiger partial charge < -0.3 is 23.9 Å². The van der Waals surface area contributed by atoms with Gasteiger partial charge in [0.2, 0.25) is 0 Å². The van der Waals surface area contributed by atoms with Gasteiger partial charge in [0.05, 0.1) is 19.8 Å². The van der Waals surface area contributed by atoms with Crippen LogP contribution in [0.4, 0.5) is 4.79 Å². The van der Waals surface area contributed by atoms with E-state index in [2.05, 4.69) is 0 Å². The fourth-order valence-electron chi connectivity index (χ4n) is 0.984. The molecule has 0 saturated heterocycles. The van der Waals surface area contributed by atoms with E-state index in [9.17, 15) is 9.59 Å². The molecule has 0 spiro atoms. The van der Waals surface area contributed by atoms with Crippen LogP contribution in [-0.4, -0.2) is 62.9 Å². The molecule has 0 atom stereocenters. The molecule has 0 bridgehead atoms. The van der Waals surface area contributed by atoms with Crippen molar-refractivity contribution < 1.29 is 23.8 Å². The van der Waals surface area contributed by atoms with Gasteiger partial charge in [0.15, 0.2) is 0 Å². The van der Waals surface area contributed by atoms with E-state index in [-0.39, 0.29) is 12.7 Å². The monoisotopic (exact) mass is 261 g/mol. The van der Waals surface area contributed by atoms with Crippen LogP contribution in [-0.2, 0) is 19.0 Å². The molecule has 106 valence electrons. The van der Waals surface area contributed by atoms with Gasteiger partial charge in [0.25, 0.3) is 0 Å². The Hall–Kier alpha value is -1.14. The highest BCUT2D eigenvalue weighted by molar-refractivity contribution is 5.67. The van der Waals surface area contributed by atoms with Crippen molar-refractivity contribution in [2.45, 2.75) is 26.4 Å². The lowest BCUT2D eigenvalue weighted by atomic mass is 10.2. The number of aldehydes is 1. The lowest BCUT2D eigenvalue weighted by molar-refractivity contribution is -0.112. The van der Waals surface area contributed by atoms with Crippen molar-refractivity contribution in [3.05, 3.63) is 0 Å². The number of hydrogen-bond acceptors (Lipinski definition) is 5. The van der Waals surface area contributed by atoms with E-state index in [0.29, 0.717) is 32.7 Å². The van der Waals surface area contributed by atoms with Crippen LogP contribution >= 0.6 is 0 Å². The highest BCUT2D eigenvalue weighted by Crippen LogP contribution is 2.08. The summed E-state index contributed by atoms with van der Waals surface area (Å²) < 4.78 is 15.3. The van der Waals surface area contributed by atoms with Gasteiger partial charge in [-0.15, -0.1) is 0 Å². The quantitative estimate of drug-likeness (QED) is 0.483. The van der Waals surface area contributed by atoms with Gasteiger partial charge in [-0.1, -0.05) is 0 Å². The second kappa shape index (κ2) is 8.88. The Morgan fingerprint density at radius 2 is 1.78 bits per heavy atom. The molecule has 1 amide bonds. The molecule has 0 aliphatic rings. The van der Waals surface area contributed by atoms with Crippen molar-refractivity contribution in [1.82, 2.24) is 4.90 Å². The van der Waals surface area contributed by atoms with Crippen molar-refractivity contribution in [1.29, 1.82) is 0 Å². The highest BCUT2D eigenvalue weighted by atomic mass is 16.6. The number of hydrogen-bond donors (Lipinski definition) is 0. The SMILES string of the molecule is CN(CCOCCOCC=O)C(=O)OC(C)(C)C. The minimum Gasteiger partial charge on any atom is -0.444 e. The fourth-order valence-corrected chi connectivity index (χ4v) is 0.984. The van der Waals surface area contributed by atoms with Crippen molar-refractivity contribution in [3.8, 4) is 0 Å². The Balaban J connectivity index is 3.55. The Morgan fingerprint density at radius 3 is 2.33 bits per heavy atom. The summed E-state index contributed by atoms with van der Waals surface area (Å²) >= 11 is 0. The molecule has 0 aliphatic heterocycles. The van der Waals surface area contributed by atoms with E-state index >= 15 is 0 Å². The zero-order chi connectivity index (χ0) is 14.0. The van der Waals surface area contributed by atoms with Gasteiger partial charge in [-0.2, -0.15) is 0 Å². The summed E-state index contributed by atoms with van der Waals surface area (Å²) in [5.41, 5.74) is -0.491. The largest absolute Gasteiger partial charge is 0.444 e. The molecule has 0 heterocycles. The highest BCUT2D eigenvalue weighted by Gasteiger charge is 2.19. The van der Waals surface area contributed by atoms with Crippen molar-refractivity contribution in [2.24, 2.45) is 0 Å². The lowest BCUT2D eigenvalue weighted by Gasteiger charge is -2.24. The predicted octanol–water partition coefficient (Wildman–Crippen LogP) is 1.09. The van der Waals surface area contributed by atoms with E-state index in [1.807, 2.05) is 20.8 Å². The minimum absolute atomic E-state index is 0.0845. The zero-order valence-corrected chi connectivity index (χ0v) is 11.6. The van der Waals surface area contributed by atoms with Gasteiger partial charge >= 0.3 is 6.09 Å². The van der Waals surface area contributed by atoms with Crippen LogP contribution in [0, 0.1) is 0 Å². The molecule has 0 fully saturated rings. The summed E-state index contributed by atoms with van der Waals surface area (Å²) in [4.78, 5) is 23.0. The molecule has 6 heteroatoms. The number of rotatable bonds is 8. The average molecular weight is 261 g/mol. The van der Waals surface area contributed by atoms with Crippen LogP contribution in [0.3, 0.4) is 0 Å². The summed E-state index contributed by atoms with van der Waals surface area (Å²) in [7, 11) is 1.65. The summed E-state index contributed by atoms with van der Waals surface area (Å²) in [5.74, 6) is 0. The molecule has 0 saturated carbocycles. The second-order valence-electron chi connectivity index (χ2n) is 4.76. The molecular weight excluding hydrogens is 238 g/mol. The zero-order valence-electron chi connectivity index (χ0n) is 11.6. The summed E-state index contributed by atoms with van der Waals surface area (Å²) in [6, 6.07) is 0. The van der Waals surface area contributed by atoms with E-state index in [0.717, 1.165) is 0 Å². The minimum atomic E-state index is -0.491. The molecule has 6 nitrogen and oxygen atoms in total. The average Bonchev–Trinajstić information content (AvgIpc) is 2.25. The summed E-state index contributed by atoms with van der Waals surface area (Å²) in [5, 5.41) is 0. The molecule has 0 aromatic rings. The summed E-state index contributed by atoms with van der Waals surface area (Å²) in [6.45, 7) is 7.16. The van der Waals surface area contributed by atoms with Crippen molar-refractivity contribution in [3.63, 3.8) is 0 Å². The lowest BCUT2D eigenvalue weighted by Crippen LogP contribution is -2.36. The molecule has 0 radical (unpaired) electrons. The first-order valence-electron chi connectivity index (χ1n) is 5.90. The normalized spacial score (nSPS) is 11.1. The second-order valence-corrected chi connectivity index (χ2v) is 4.76. The van der Waals surface area contributed by atoms with Crippen LogP contribution in [0.2, 0.25) is 0 Å². The maximum atomic E-state index is 11.5. The maximum Gasteiger partial charge on any atom is 0.410 e. The molecule has 0 unspecified atom stereocenters. The number of carbonyl (C=O) groups is 2. The smallest absolute Gasteiger partial charge is 0.410 e. The van der Waals surface area contributed by atoms with Crippen molar-refractivity contribution >= 4 is 12.4 Å². The molecule has 0 aromatic heterocycles. The summed E-state index contributed by atoms with van der Waals surface area (Å²) in [6.07, 6.45) is 0.319. The number of ether oxygens (including phenoxy) is 3. The topological polar surface area (TPSA) is 65.1 Å². The molecule has 0 N–H and O–H groups in total. The van der Waals surface area contributed by atoms with Crippen LogP contribution in [0.25, 0.3) is 0 Å². The number of carbonyl (C=O) groups excluding carboxylic acids is 2. The van der Waals surface area contributed by atoms with Gasteiger partial charge in [-0.05, 0) is 20.8 Å². The van der Waals surface area contributed by atoms with Gasteiger partial charge in [-0.25, -0.2) is 4.79 Å².